The molecule has 1 atom stereocenters. The van der Waals surface area contributed by atoms with Crippen LogP contribution in [0.15, 0.2) is 59.4 Å². The van der Waals surface area contributed by atoms with E-state index >= 15 is 0 Å². The maximum Gasteiger partial charge on any atom is 0.294 e. The van der Waals surface area contributed by atoms with Crippen LogP contribution in [0.3, 0.4) is 0 Å². The predicted molar refractivity (Wildman–Crippen MR) is 134 cm³/mol. The van der Waals surface area contributed by atoms with Crippen LogP contribution in [-0.2, 0) is 16.1 Å². The van der Waals surface area contributed by atoms with Gasteiger partial charge < -0.3 is 24.0 Å². The van der Waals surface area contributed by atoms with Crippen molar-refractivity contribution in [3.63, 3.8) is 0 Å². The van der Waals surface area contributed by atoms with Gasteiger partial charge in [0.1, 0.15) is 37.6 Å². The molecule has 190 valence electrons. The van der Waals surface area contributed by atoms with Crippen LogP contribution in [-0.4, -0.2) is 81.0 Å². The Hall–Kier alpha value is -3.11. The van der Waals surface area contributed by atoms with Gasteiger partial charge in [-0.05, 0) is 17.7 Å². The van der Waals surface area contributed by atoms with Crippen molar-refractivity contribution in [1.82, 2.24) is 14.8 Å². The summed E-state index contributed by atoms with van der Waals surface area (Å²) < 4.78 is 18.1. The molecule has 0 amide bonds. The van der Waals surface area contributed by atoms with Crippen molar-refractivity contribution in [3.8, 4) is 17.1 Å². The molecule has 2 N–H and O–H groups in total. The zero-order valence-corrected chi connectivity index (χ0v) is 20.8. The number of quaternary nitrogens is 2. The lowest BCUT2D eigenvalue weighted by atomic mass is 9.94. The Kier molecular flexibility index (Phi) is 8.02. The zero-order valence-electron chi connectivity index (χ0n) is 20.8. The second kappa shape index (κ2) is 11.7. The second-order valence-corrected chi connectivity index (χ2v) is 9.40. The van der Waals surface area contributed by atoms with Crippen LogP contribution in [0, 0.1) is 0 Å². The number of aromatic nitrogens is 3. The molecule has 9 heteroatoms. The first kappa shape index (κ1) is 24.6. The zero-order chi connectivity index (χ0) is 24.7. The third-order valence-electron chi connectivity index (χ3n) is 7.04. The van der Waals surface area contributed by atoms with Crippen LogP contribution >= 0.6 is 0 Å². The Morgan fingerprint density at radius 2 is 1.56 bits per heavy atom. The van der Waals surface area contributed by atoms with Gasteiger partial charge in [0.25, 0.3) is 5.56 Å². The highest BCUT2D eigenvalue weighted by molar-refractivity contribution is 5.54. The number of methoxy groups -OCH3 is 1. The predicted octanol–water partition coefficient (Wildman–Crippen LogP) is -0.766. The highest BCUT2D eigenvalue weighted by Crippen LogP contribution is 2.24. The van der Waals surface area contributed by atoms with Gasteiger partial charge in [0.2, 0.25) is 0 Å². The summed E-state index contributed by atoms with van der Waals surface area (Å²) in [6.07, 6.45) is 0. The van der Waals surface area contributed by atoms with Gasteiger partial charge in [-0.3, -0.25) is 4.79 Å². The summed E-state index contributed by atoms with van der Waals surface area (Å²) in [6, 6.07) is 17.9. The quantitative estimate of drug-likeness (QED) is 0.429. The minimum atomic E-state index is -0.173. The van der Waals surface area contributed by atoms with Crippen molar-refractivity contribution in [2.24, 2.45) is 0 Å². The van der Waals surface area contributed by atoms with Crippen LogP contribution in [0.2, 0.25) is 0 Å². The van der Waals surface area contributed by atoms with E-state index in [1.165, 1.54) is 9.80 Å². The summed E-state index contributed by atoms with van der Waals surface area (Å²) in [4.78, 5) is 21.6. The molecule has 0 saturated carbocycles. The summed E-state index contributed by atoms with van der Waals surface area (Å²) in [6.45, 7) is 7.65. The molecular formula is C27H35N5O4+2. The fourth-order valence-electron chi connectivity index (χ4n) is 4.91. The molecule has 36 heavy (non-hydrogen) atoms. The largest absolute Gasteiger partial charge is 0.497 e. The molecule has 0 spiro atoms. The SMILES string of the molecule is COc1ccc([C@H](C[NH+]2CCOCC2)c2nc(-c3ccccc3)nn(C[NH+]3CCOCC3)c2=O)cc1. The van der Waals surface area contributed by atoms with Crippen molar-refractivity contribution in [2.75, 3.05) is 66.3 Å². The van der Waals surface area contributed by atoms with Gasteiger partial charge in [-0.25, -0.2) is 4.98 Å². The van der Waals surface area contributed by atoms with Crippen LogP contribution in [0.25, 0.3) is 11.4 Å². The number of nitrogens with zero attached hydrogens (tertiary/aromatic N) is 3. The third kappa shape index (κ3) is 5.82. The lowest BCUT2D eigenvalue weighted by Crippen LogP contribution is -3.14. The van der Waals surface area contributed by atoms with E-state index in [2.05, 4.69) is 0 Å². The van der Waals surface area contributed by atoms with E-state index in [-0.39, 0.29) is 11.5 Å². The number of hydrogen-bond donors (Lipinski definition) is 2. The highest BCUT2D eigenvalue weighted by Gasteiger charge is 2.29. The molecule has 0 radical (unpaired) electrons. The lowest BCUT2D eigenvalue weighted by Gasteiger charge is -2.28. The first-order valence-electron chi connectivity index (χ1n) is 12.7. The molecular weight excluding hydrogens is 458 g/mol. The van der Waals surface area contributed by atoms with Crippen LogP contribution in [0.4, 0.5) is 0 Å². The Morgan fingerprint density at radius 3 is 2.19 bits per heavy atom. The molecule has 0 bridgehead atoms. The fourth-order valence-corrected chi connectivity index (χ4v) is 4.91. The van der Waals surface area contributed by atoms with Gasteiger partial charge in [-0.2, -0.15) is 4.68 Å². The molecule has 5 rings (SSSR count). The first-order chi connectivity index (χ1) is 17.7. The van der Waals surface area contributed by atoms with Crippen LogP contribution < -0.4 is 20.1 Å². The van der Waals surface area contributed by atoms with E-state index in [1.807, 2.05) is 54.6 Å². The van der Waals surface area contributed by atoms with Gasteiger partial charge in [0.15, 0.2) is 12.5 Å². The number of nitrogens with one attached hydrogen (secondary N) is 2. The molecule has 0 aliphatic carbocycles. The van der Waals surface area contributed by atoms with Crippen molar-refractivity contribution in [2.45, 2.75) is 12.6 Å². The molecule has 2 fully saturated rings. The Labute approximate surface area is 211 Å². The van der Waals surface area contributed by atoms with E-state index in [0.717, 1.165) is 62.8 Å². The number of ether oxygens (including phenoxy) is 3. The minimum Gasteiger partial charge on any atom is -0.497 e. The summed E-state index contributed by atoms with van der Waals surface area (Å²) in [5.41, 5.74) is 2.37. The fraction of sp³-hybridized carbons (Fsp3) is 0.444. The van der Waals surface area contributed by atoms with E-state index < -0.39 is 0 Å². The van der Waals surface area contributed by atoms with Crippen molar-refractivity contribution < 1.29 is 24.0 Å². The van der Waals surface area contributed by atoms with E-state index in [1.54, 1.807) is 11.8 Å². The van der Waals surface area contributed by atoms with Gasteiger partial charge in [-0.15, -0.1) is 5.10 Å². The average molecular weight is 494 g/mol. The lowest BCUT2D eigenvalue weighted by molar-refractivity contribution is -0.931. The number of morpholine rings is 2. The molecule has 2 aromatic carbocycles. The molecule has 1 aromatic heterocycles. The molecule has 2 aliphatic heterocycles. The maximum atomic E-state index is 13.9. The molecule has 0 unspecified atom stereocenters. The Bertz CT molecular complexity index is 1170. The molecule has 3 aromatic rings. The molecule has 3 heterocycles. The topological polar surface area (TPSA) is 84.3 Å². The molecule has 9 nitrogen and oxygen atoms in total. The summed E-state index contributed by atoms with van der Waals surface area (Å²) >= 11 is 0. The first-order valence-corrected chi connectivity index (χ1v) is 12.7. The monoisotopic (exact) mass is 493 g/mol. The van der Waals surface area contributed by atoms with Gasteiger partial charge >= 0.3 is 0 Å². The van der Waals surface area contributed by atoms with E-state index in [0.29, 0.717) is 31.4 Å². The smallest absolute Gasteiger partial charge is 0.294 e. The number of hydrogen-bond acceptors (Lipinski definition) is 6. The summed E-state index contributed by atoms with van der Waals surface area (Å²) in [5, 5.41) is 4.73. The van der Waals surface area contributed by atoms with Crippen LogP contribution in [0.5, 0.6) is 5.75 Å². The van der Waals surface area contributed by atoms with Crippen LogP contribution in [0.1, 0.15) is 17.2 Å². The van der Waals surface area contributed by atoms with Crippen molar-refractivity contribution in [3.05, 3.63) is 76.2 Å². The molecule has 2 saturated heterocycles. The van der Waals surface area contributed by atoms with E-state index in [4.69, 9.17) is 24.3 Å². The second-order valence-electron chi connectivity index (χ2n) is 9.40. The van der Waals surface area contributed by atoms with Gasteiger partial charge in [0.05, 0.1) is 46.0 Å². The minimum absolute atomic E-state index is 0.123. The maximum absolute atomic E-state index is 13.9. The summed E-state index contributed by atoms with van der Waals surface area (Å²) in [5.74, 6) is 1.19. The van der Waals surface area contributed by atoms with Gasteiger partial charge in [0, 0.05) is 5.56 Å². The standard InChI is InChI=1S/C27H33N5O4/c1-34-23-9-7-21(8-10-23)24(19-30-11-15-35-16-12-30)25-27(33)32(20-31-13-17-36-18-14-31)29-26(28-25)22-5-3-2-4-6-22/h2-10,24H,11-20H2,1H3/p+2/t24-/m0/s1. The number of benzene rings is 2. The van der Waals surface area contributed by atoms with Crippen molar-refractivity contribution >= 4 is 0 Å². The Balaban J connectivity index is 1.59. The van der Waals surface area contributed by atoms with E-state index in [9.17, 15) is 4.79 Å². The summed E-state index contributed by atoms with van der Waals surface area (Å²) in [7, 11) is 1.66. The van der Waals surface area contributed by atoms with Gasteiger partial charge in [-0.1, -0.05) is 42.5 Å². The normalized spacial score (nSPS) is 18.1. The Morgan fingerprint density at radius 1 is 0.917 bits per heavy atom. The highest BCUT2D eigenvalue weighted by atomic mass is 16.5. The third-order valence-corrected chi connectivity index (χ3v) is 7.04. The number of rotatable bonds is 8. The molecule has 2 aliphatic rings. The average Bonchev–Trinajstić information content (AvgIpc) is 2.95. The van der Waals surface area contributed by atoms with Crippen molar-refractivity contribution in [1.29, 1.82) is 0 Å².